The van der Waals surface area contributed by atoms with Crippen LogP contribution in [0.3, 0.4) is 0 Å². The fourth-order valence-corrected chi connectivity index (χ4v) is 11.4. The van der Waals surface area contributed by atoms with E-state index in [4.69, 9.17) is 9.15 Å². The minimum atomic E-state index is -0.271. The predicted octanol–water partition coefficient (Wildman–Crippen LogP) is 15.2. The molecule has 3 nitrogen and oxygen atoms in total. The van der Waals surface area contributed by atoms with Gasteiger partial charge in [-0.2, -0.15) is 0 Å². The second kappa shape index (κ2) is 11.4. The summed E-state index contributed by atoms with van der Waals surface area (Å²) in [5.74, 6) is 2.34. The quantitative estimate of drug-likeness (QED) is 0.179. The van der Waals surface area contributed by atoms with E-state index in [0.717, 1.165) is 40.2 Å². The molecule has 0 radical (unpaired) electrons. The van der Waals surface area contributed by atoms with Crippen LogP contribution in [0.25, 0.3) is 60.2 Å². The summed E-state index contributed by atoms with van der Waals surface area (Å²) in [6.45, 7) is 9.57. The Kier molecular flexibility index (Phi) is 6.42. The Morgan fingerprint density at radius 3 is 1.88 bits per heavy atom. The molecule has 3 aliphatic carbocycles. The van der Waals surface area contributed by atoms with Gasteiger partial charge in [0.05, 0.1) is 11.4 Å². The van der Waals surface area contributed by atoms with Crippen LogP contribution in [0.1, 0.15) is 67.9 Å². The molecule has 1 unspecified atom stereocenters. The van der Waals surface area contributed by atoms with Crippen molar-refractivity contribution in [2.45, 2.75) is 50.9 Å². The van der Waals surface area contributed by atoms with Crippen molar-refractivity contribution in [3.05, 3.63) is 197 Å². The second-order valence-corrected chi connectivity index (χ2v) is 17.9. The van der Waals surface area contributed by atoms with Crippen LogP contribution in [0, 0.1) is 0 Å². The molecule has 0 N–H and O–H groups in total. The van der Waals surface area contributed by atoms with Crippen LogP contribution < -0.4 is 9.64 Å². The molecule has 0 saturated heterocycles. The molecule has 282 valence electrons. The molecule has 0 amide bonds. The topological polar surface area (TPSA) is 25.6 Å². The Morgan fingerprint density at radius 1 is 0.525 bits per heavy atom. The van der Waals surface area contributed by atoms with E-state index in [2.05, 4.69) is 190 Å². The first kappa shape index (κ1) is 33.2. The maximum absolute atomic E-state index is 6.84. The van der Waals surface area contributed by atoms with Gasteiger partial charge >= 0.3 is 0 Å². The minimum absolute atomic E-state index is 0.233. The van der Waals surface area contributed by atoms with E-state index < -0.39 is 0 Å². The highest BCUT2D eigenvalue weighted by atomic mass is 16.5. The van der Waals surface area contributed by atoms with Gasteiger partial charge in [-0.1, -0.05) is 149 Å². The molecule has 0 saturated carbocycles. The highest BCUT2D eigenvalue weighted by Gasteiger charge is 2.47. The monoisotopic (exact) mass is 759 g/mol. The van der Waals surface area contributed by atoms with Gasteiger partial charge in [0, 0.05) is 60.7 Å². The smallest absolute Gasteiger partial charge is 0.143 e. The summed E-state index contributed by atoms with van der Waals surface area (Å²) in [7, 11) is 0. The molecule has 1 aromatic heterocycles. The van der Waals surface area contributed by atoms with Crippen molar-refractivity contribution >= 4 is 66.1 Å². The SMILES string of the molecule is CC1(C)C2=CCC3C(=C2c2c1cc(N(c1ccccc1)c1cc4c(c5ccccc15)-c1c(ccc5c1oc1ccccc15)C4(C)C)c1ccccc21)Oc1ccccc13. The van der Waals surface area contributed by atoms with Crippen molar-refractivity contribution < 1.29 is 9.15 Å². The Labute approximate surface area is 343 Å². The number of hydrogen-bond acceptors (Lipinski definition) is 3. The van der Waals surface area contributed by atoms with Crippen LogP contribution >= 0.6 is 0 Å². The molecular weight excluding hydrogens is 719 g/mol. The van der Waals surface area contributed by atoms with Gasteiger partial charge in [0.2, 0.25) is 0 Å². The lowest BCUT2D eigenvalue weighted by molar-refractivity contribution is 0.426. The van der Waals surface area contributed by atoms with E-state index >= 15 is 0 Å². The Morgan fingerprint density at radius 2 is 1.14 bits per heavy atom. The minimum Gasteiger partial charge on any atom is -0.460 e. The Hall–Kier alpha value is -6.84. The number of furan rings is 1. The van der Waals surface area contributed by atoms with Gasteiger partial charge in [-0.25, -0.2) is 0 Å². The fourth-order valence-electron chi connectivity index (χ4n) is 11.4. The summed E-state index contributed by atoms with van der Waals surface area (Å²) in [5, 5.41) is 7.24. The van der Waals surface area contributed by atoms with Crippen molar-refractivity contribution in [2.24, 2.45) is 0 Å². The van der Waals surface area contributed by atoms with Crippen molar-refractivity contribution in [3.63, 3.8) is 0 Å². The summed E-state index contributed by atoms with van der Waals surface area (Å²) < 4.78 is 13.6. The molecule has 59 heavy (non-hydrogen) atoms. The molecule has 0 fully saturated rings. The fraction of sp³-hybridized carbons (Fsp3) is 0.143. The summed E-state index contributed by atoms with van der Waals surface area (Å²) in [4.78, 5) is 2.54. The van der Waals surface area contributed by atoms with E-state index in [1.54, 1.807) is 0 Å². The molecule has 13 rings (SSSR count). The van der Waals surface area contributed by atoms with Crippen molar-refractivity contribution in [2.75, 3.05) is 4.90 Å². The molecule has 8 aromatic carbocycles. The molecule has 4 aliphatic rings. The summed E-state index contributed by atoms with van der Waals surface area (Å²) in [6, 6.07) is 55.7. The van der Waals surface area contributed by atoms with Gasteiger partial charge in [0.15, 0.2) is 0 Å². The summed E-state index contributed by atoms with van der Waals surface area (Å²) in [6.07, 6.45) is 3.45. The molecule has 9 aromatic rings. The molecule has 1 aliphatic heterocycles. The highest BCUT2D eigenvalue weighted by Crippen LogP contribution is 2.62. The summed E-state index contributed by atoms with van der Waals surface area (Å²) in [5.41, 5.74) is 16.6. The number of nitrogens with zero attached hydrogens (tertiary/aromatic N) is 1. The van der Waals surface area contributed by atoms with E-state index in [9.17, 15) is 0 Å². The highest BCUT2D eigenvalue weighted by molar-refractivity contribution is 6.19. The number of allylic oxidation sites excluding steroid dienone is 4. The molecule has 1 atom stereocenters. The normalized spacial score (nSPS) is 17.7. The zero-order valence-electron chi connectivity index (χ0n) is 33.6. The lowest BCUT2D eigenvalue weighted by Gasteiger charge is -2.32. The maximum atomic E-state index is 6.84. The van der Waals surface area contributed by atoms with Gasteiger partial charge in [-0.05, 0) is 87.0 Å². The number of fused-ring (bicyclic) bond motifs is 17. The van der Waals surface area contributed by atoms with E-state index in [0.29, 0.717) is 0 Å². The average molecular weight is 760 g/mol. The number of para-hydroxylation sites is 3. The number of hydrogen-bond donors (Lipinski definition) is 0. The van der Waals surface area contributed by atoms with Crippen molar-refractivity contribution in [1.82, 2.24) is 0 Å². The second-order valence-electron chi connectivity index (χ2n) is 17.9. The zero-order valence-corrected chi connectivity index (χ0v) is 33.6. The first-order valence-electron chi connectivity index (χ1n) is 21.0. The lowest BCUT2D eigenvalue weighted by atomic mass is 9.77. The van der Waals surface area contributed by atoms with Crippen LogP contribution in [-0.2, 0) is 10.8 Å². The third-order valence-electron chi connectivity index (χ3n) is 14.2. The zero-order chi connectivity index (χ0) is 39.4. The molecule has 0 spiro atoms. The largest absolute Gasteiger partial charge is 0.460 e. The van der Waals surface area contributed by atoms with Gasteiger partial charge in [0.1, 0.15) is 22.7 Å². The maximum Gasteiger partial charge on any atom is 0.143 e. The van der Waals surface area contributed by atoms with Crippen molar-refractivity contribution in [3.8, 4) is 16.9 Å². The number of benzene rings is 8. The first-order chi connectivity index (χ1) is 28.8. The van der Waals surface area contributed by atoms with Gasteiger partial charge < -0.3 is 14.1 Å². The average Bonchev–Trinajstić information content (AvgIpc) is 3.97. The van der Waals surface area contributed by atoms with Gasteiger partial charge in [-0.3, -0.25) is 0 Å². The van der Waals surface area contributed by atoms with Crippen LogP contribution in [0.15, 0.2) is 173 Å². The van der Waals surface area contributed by atoms with E-state index in [1.807, 2.05) is 0 Å². The third kappa shape index (κ3) is 4.22. The van der Waals surface area contributed by atoms with Crippen LogP contribution in [0.2, 0.25) is 0 Å². The molecular formula is C56H41NO2. The van der Waals surface area contributed by atoms with Crippen molar-refractivity contribution in [1.29, 1.82) is 0 Å². The van der Waals surface area contributed by atoms with Gasteiger partial charge in [-0.15, -0.1) is 0 Å². The van der Waals surface area contributed by atoms with Crippen LogP contribution in [0.5, 0.6) is 5.75 Å². The molecule has 2 heterocycles. The standard InChI is InChI=1S/C56H41NO2/c1-55(2)41-28-26-39-35-20-12-14-24-47(35)58-53(39)51(41)49-37-22-10-8-18-33(37)45(30-43(49)55)57(32-16-6-5-7-17-32)46-31-44-50(38-23-11-9-19-34(38)46)52-42(56(44,3)4)29-27-40-36-21-13-15-25-48(36)59-54(40)52/h5-26,28-31,40H,27H2,1-4H3. The third-order valence-corrected chi connectivity index (χ3v) is 14.2. The number of anilines is 3. The Bertz CT molecular complexity index is 3390. The van der Waals surface area contributed by atoms with Gasteiger partial charge in [0.25, 0.3) is 0 Å². The van der Waals surface area contributed by atoms with Crippen LogP contribution in [-0.4, -0.2) is 0 Å². The lowest BCUT2D eigenvalue weighted by Crippen LogP contribution is -2.19. The van der Waals surface area contributed by atoms with Crippen LogP contribution in [0.4, 0.5) is 17.1 Å². The summed E-state index contributed by atoms with van der Waals surface area (Å²) >= 11 is 0. The number of ether oxygens (including phenoxy) is 1. The van der Waals surface area contributed by atoms with E-state index in [1.165, 1.54) is 88.4 Å². The number of rotatable bonds is 3. The van der Waals surface area contributed by atoms with E-state index in [-0.39, 0.29) is 16.7 Å². The molecule has 3 heteroatoms. The molecule has 0 bridgehead atoms. The predicted molar refractivity (Wildman–Crippen MR) is 243 cm³/mol. The first-order valence-corrected chi connectivity index (χ1v) is 21.0. The Balaban J connectivity index is 1.11.